The molecule has 5 nitrogen and oxygen atoms in total. The molecular formula is C15H12BrN3O2. The standard InChI is InChI=1S/C15H12BrN3O2/c1-10-2-3-11(8-17)6-14(10)18-9-12-7-13(16)4-5-15(12)19(20)21/h2-7,18H,9H2,1H3. The van der Waals surface area contributed by atoms with Gasteiger partial charge in [-0.15, -0.1) is 0 Å². The Hall–Kier alpha value is -2.39. The first-order valence-corrected chi connectivity index (χ1v) is 6.98. The Morgan fingerprint density at radius 3 is 2.76 bits per heavy atom. The molecule has 0 saturated carbocycles. The van der Waals surface area contributed by atoms with Crippen LogP contribution in [0.4, 0.5) is 11.4 Å². The zero-order valence-electron chi connectivity index (χ0n) is 11.3. The van der Waals surface area contributed by atoms with Crippen LogP contribution in [0.2, 0.25) is 0 Å². The number of hydrogen-bond donors (Lipinski definition) is 1. The largest absolute Gasteiger partial charge is 0.380 e. The van der Waals surface area contributed by atoms with Crippen LogP contribution in [0.1, 0.15) is 16.7 Å². The number of nitro groups is 1. The Morgan fingerprint density at radius 2 is 2.10 bits per heavy atom. The van der Waals surface area contributed by atoms with E-state index in [0.717, 1.165) is 15.7 Å². The van der Waals surface area contributed by atoms with E-state index in [2.05, 4.69) is 27.3 Å². The maximum atomic E-state index is 11.0. The Kier molecular flexibility index (Phi) is 4.55. The number of nitrogens with one attached hydrogen (secondary N) is 1. The molecule has 0 unspecified atom stereocenters. The number of nitriles is 1. The van der Waals surface area contributed by atoms with E-state index in [1.807, 2.05) is 13.0 Å². The maximum absolute atomic E-state index is 11.0. The summed E-state index contributed by atoms with van der Waals surface area (Å²) >= 11 is 3.32. The van der Waals surface area contributed by atoms with Gasteiger partial charge in [0.25, 0.3) is 5.69 Å². The molecule has 1 N–H and O–H groups in total. The van der Waals surface area contributed by atoms with Crippen LogP contribution < -0.4 is 5.32 Å². The van der Waals surface area contributed by atoms with Gasteiger partial charge in [0, 0.05) is 28.3 Å². The highest BCUT2D eigenvalue weighted by molar-refractivity contribution is 9.10. The van der Waals surface area contributed by atoms with Gasteiger partial charge in [-0.05, 0) is 36.8 Å². The van der Waals surface area contributed by atoms with E-state index in [1.165, 1.54) is 6.07 Å². The molecule has 6 heteroatoms. The number of aryl methyl sites for hydroxylation is 1. The molecule has 0 saturated heterocycles. The normalized spacial score (nSPS) is 9.95. The summed E-state index contributed by atoms with van der Waals surface area (Å²) in [5.74, 6) is 0. The minimum absolute atomic E-state index is 0.0693. The fourth-order valence-corrected chi connectivity index (χ4v) is 2.35. The van der Waals surface area contributed by atoms with Gasteiger partial charge in [0.15, 0.2) is 0 Å². The number of halogens is 1. The molecule has 0 fully saturated rings. The molecule has 0 aliphatic carbocycles. The third kappa shape index (κ3) is 3.58. The molecule has 0 atom stereocenters. The summed E-state index contributed by atoms with van der Waals surface area (Å²) in [5.41, 5.74) is 2.97. The van der Waals surface area contributed by atoms with E-state index in [0.29, 0.717) is 17.7 Å². The summed E-state index contributed by atoms with van der Waals surface area (Å²) in [7, 11) is 0. The number of anilines is 1. The van der Waals surface area contributed by atoms with E-state index in [1.54, 1.807) is 24.3 Å². The maximum Gasteiger partial charge on any atom is 0.274 e. The summed E-state index contributed by atoms with van der Waals surface area (Å²) in [6.07, 6.45) is 0. The predicted molar refractivity (Wildman–Crippen MR) is 84.0 cm³/mol. The van der Waals surface area contributed by atoms with E-state index in [9.17, 15) is 10.1 Å². The SMILES string of the molecule is Cc1ccc(C#N)cc1NCc1cc(Br)ccc1[N+](=O)[O-]. The van der Waals surface area contributed by atoms with Crippen molar-refractivity contribution in [3.8, 4) is 6.07 Å². The molecule has 0 aliphatic rings. The van der Waals surface area contributed by atoms with Crippen LogP contribution in [-0.2, 0) is 6.54 Å². The Balaban J connectivity index is 2.26. The zero-order valence-corrected chi connectivity index (χ0v) is 12.8. The molecule has 0 radical (unpaired) electrons. The van der Waals surface area contributed by atoms with Gasteiger partial charge in [0.1, 0.15) is 0 Å². The van der Waals surface area contributed by atoms with E-state index < -0.39 is 4.92 Å². The third-order valence-corrected chi connectivity index (χ3v) is 3.57. The monoisotopic (exact) mass is 345 g/mol. The van der Waals surface area contributed by atoms with Crippen LogP contribution in [0.3, 0.4) is 0 Å². The zero-order chi connectivity index (χ0) is 15.4. The van der Waals surface area contributed by atoms with E-state index >= 15 is 0 Å². The second-order valence-electron chi connectivity index (χ2n) is 4.53. The second kappa shape index (κ2) is 6.37. The first kappa shape index (κ1) is 15.0. The summed E-state index contributed by atoms with van der Waals surface area (Å²) in [6, 6.07) is 12.2. The molecule has 0 heterocycles. The van der Waals surface area contributed by atoms with Crippen LogP contribution in [-0.4, -0.2) is 4.92 Å². The summed E-state index contributed by atoms with van der Waals surface area (Å²) in [6.45, 7) is 2.23. The molecule has 0 amide bonds. The van der Waals surface area contributed by atoms with Crippen molar-refractivity contribution in [2.24, 2.45) is 0 Å². The lowest BCUT2D eigenvalue weighted by Crippen LogP contribution is -2.04. The lowest BCUT2D eigenvalue weighted by atomic mass is 10.1. The van der Waals surface area contributed by atoms with Crippen molar-refractivity contribution in [1.82, 2.24) is 0 Å². The van der Waals surface area contributed by atoms with Gasteiger partial charge in [0.05, 0.1) is 16.6 Å². The molecule has 106 valence electrons. The van der Waals surface area contributed by atoms with Gasteiger partial charge in [-0.2, -0.15) is 5.26 Å². The molecule has 0 spiro atoms. The molecule has 0 aromatic heterocycles. The molecular weight excluding hydrogens is 334 g/mol. The average Bonchev–Trinajstić information content (AvgIpc) is 2.46. The minimum atomic E-state index is -0.401. The van der Waals surface area contributed by atoms with Crippen LogP contribution in [0.5, 0.6) is 0 Å². The number of benzene rings is 2. The van der Waals surface area contributed by atoms with Crippen molar-refractivity contribution < 1.29 is 4.92 Å². The quantitative estimate of drug-likeness (QED) is 0.666. The van der Waals surface area contributed by atoms with Crippen molar-refractivity contribution in [3.63, 3.8) is 0 Å². The first-order chi connectivity index (χ1) is 10.0. The minimum Gasteiger partial charge on any atom is -0.380 e. The lowest BCUT2D eigenvalue weighted by molar-refractivity contribution is -0.385. The Morgan fingerprint density at radius 1 is 1.33 bits per heavy atom. The van der Waals surface area contributed by atoms with Gasteiger partial charge in [0.2, 0.25) is 0 Å². The van der Waals surface area contributed by atoms with Gasteiger partial charge >= 0.3 is 0 Å². The van der Waals surface area contributed by atoms with Crippen molar-refractivity contribution in [3.05, 3.63) is 67.7 Å². The fraction of sp³-hybridized carbons (Fsp3) is 0.133. The van der Waals surface area contributed by atoms with Crippen LogP contribution in [0.25, 0.3) is 0 Å². The van der Waals surface area contributed by atoms with Crippen LogP contribution in [0.15, 0.2) is 40.9 Å². The van der Waals surface area contributed by atoms with Gasteiger partial charge in [-0.1, -0.05) is 22.0 Å². The van der Waals surface area contributed by atoms with Crippen molar-refractivity contribution in [2.45, 2.75) is 13.5 Å². The summed E-state index contributed by atoms with van der Waals surface area (Å²) in [5, 5.41) is 23.1. The Labute approximate surface area is 130 Å². The predicted octanol–water partition coefficient (Wildman–Crippen LogP) is 4.15. The highest BCUT2D eigenvalue weighted by Gasteiger charge is 2.13. The highest BCUT2D eigenvalue weighted by Crippen LogP contribution is 2.25. The molecule has 0 aliphatic heterocycles. The van der Waals surface area contributed by atoms with Crippen molar-refractivity contribution >= 4 is 27.3 Å². The average molecular weight is 346 g/mol. The highest BCUT2D eigenvalue weighted by atomic mass is 79.9. The molecule has 0 bridgehead atoms. The number of nitro benzene ring substituents is 1. The van der Waals surface area contributed by atoms with E-state index in [-0.39, 0.29) is 5.69 Å². The van der Waals surface area contributed by atoms with Crippen molar-refractivity contribution in [1.29, 1.82) is 5.26 Å². The van der Waals surface area contributed by atoms with Crippen molar-refractivity contribution in [2.75, 3.05) is 5.32 Å². The summed E-state index contributed by atoms with van der Waals surface area (Å²) < 4.78 is 0.785. The lowest BCUT2D eigenvalue weighted by Gasteiger charge is -2.10. The molecule has 2 aromatic rings. The third-order valence-electron chi connectivity index (χ3n) is 3.07. The van der Waals surface area contributed by atoms with Crippen LogP contribution >= 0.6 is 15.9 Å². The van der Waals surface area contributed by atoms with Gasteiger partial charge in [-0.25, -0.2) is 0 Å². The topological polar surface area (TPSA) is 79.0 Å². The molecule has 2 rings (SSSR count). The fourth-order valence-electron chi connectivity index (χ4n) is 1.95. The first-order valence-electron chi connectivity index (χ1n) is 6.18. The summed E-state index contributed by atoms with van der Waals surface area (Å²) in [4.78, 5) is 10.6. The van der Waals surface area contributed by atoms with Gasteiger partial charge in [-0.3, -0.25) is 10.1 Å². The number of hydrogen-bond acceptors (Lipinski definition) is 4. The Bertz CT molecular complexity index is 738. The van der Waals surface area contributed by atoms with E-state index in [4.69, 9.17) is 5.26 Å². The second-order valence-corrected chi connectivity index (χ2v) is 5.44. The van der Waals surface area contributed by atoms with Crippen LogP contribution in [0, 0.1) is 28.4 Å². The number of rotatable bonds is 4. The smallest absolute Gasteiger partial charge is 0.274 e. The molecule has 21 heavy (non-hydrogen) atoms. The number of nitrogens with zero attached hydrogens (tertiary/aromatic N) is 2. The molecule has 2 aromatic carbocycles. The van der Waals surface area contributed by atoms with Gasteiger partial charge < -0.3 is 5.32 Å².